The predicted octanol–water partition coefficient (Wildman–Crippen LogP) is 3.00. The molecule has 2 rings (SSSR count). The van der Waals surface area contributed by atoms with Gasteiger partial charge in [-0.2, -0.15) is 0 Å². The summed E-state index contributed by atoms with van der Waals surface area (Å²) in [4.78, 5) is 3.98. The van der Waals surface area contributed by atoms with Gasteiger partial charge in [-0.05, 0) is 62.3 Å². The summed E-state index contributed by atoms with van der Waals surface area (Å²) < 4.78 is 5.02. The van der Waals surface area contributed by atoms with Gasteiger partial charge in [0, 0.05) is 25.1 Å². The normalized spacial score (nSPS) is 15.7. The van der Waals surface area contributed by atoms with Crippen LogP contribution < -0.4 is 5.32 Å². The van der Waals surface area contributed by atoms with Crippen LogP contribution >= 0.6 is 11.8 Å². The smallest absolute Gasteiger partial charge is 0.0587 e. The molecule has 0 aliphatic carbocycles. The zero-order valence-electron chi connectivity index (χ0n) is 13.1. The first kappa shape index (κ1) is 16.8. The van der Waals surface area contributed by atoms with Gasteiger partial charge >= 0.3 is 0 Å². The van der Waals surface area contributed by atoms with Gasteiger partial charge in [0.2, 0.25) is 0 Å². The predicted molar refractivity (Wildman–Crippen MR) is 91.0 cm³/mol. The molecular weight excluding hydrogens is 280 g/mol. The standard InChI is InChI=1S/C17H28N2OS/c1-20-13-9-18-15-16-5-7-17(8-6-16)21-14-4-12-19-10-2-3-11-19/h5-8,18H,2-4,9-15H2,1H3. The van der Waals surface area contributed by atoms with E-state index in [4.69, 9.17) is 4.74 Å². The van der Waals surface area contributed by atoms with Crippen LogP contribution in [-0.2, 0) is 11.3 Å². The van der Waals surface area contributed by atoms with Gasteiger partial charge in [-0.25, -0.2) is 0 Å². The maximum atomic E-state index is 5.02. The highest BCUT2D eigenvalue weighted by atomic mass is 32.2. The van der Waals surface area contributed by atoms with Crippen molar-refractivity contribution < 1.29 is 4.74 Å². The van der Waals surface area contributed by atoms with E-state index in [0.29, 0.717) is 0 Å². The van der Waals surface area contributed by atoms with Crippen LogP contribution in [0.4, 0.5) is 0 Å². The van der Waals surface area contributed by atoms with Crippen molar-refractivity contribution in [1.29, 1.82) is 0 Å². The number of thioether (sulfide) groups is 1. The third kappa shape index (κ3) is 6.83. The zero-order valence-corrected chi connectivity index (χ0v) is 14.0. The van der Waals surface area contributed by atoms with Crippen molar-refractivity contribution in [3.8, 4) is 0 Å². The average molecular weight is 308 g/mol. The first-order valence-corrected chi connectivity index (χ1v) is 9.01. The van der Waals surface area contributed by atoms with E-state index in [-0.39, 0.29) is 0 Å². The van der Waals surface area contributed by atoms with E-state index in [1.54, 1.807) is 7.11 Å². The van der Waals surface area contributed by atoms with E-state index in [1.807, 2.05) is 11.8 Å². The fourth-order valence-corrected chi connectivity index (χ4v) is 3.43. The van der Waals surface area contributed by atoms with Gasteiger partial charge in [-0.3, -0.25) is 0 Å². The molecule has 0 aromatic heterocycles. The van der Waals surface area contributed by atoms with E-state index in [0.717, 1.165) is 19.7 Å². The van der Waals surface area contributed by atoms with Crippen molar-refractivity contribution in [3.05, 3.63) is 29.8 Å². The van der Waals surface area contributed by atoms with Gasteiger partial charge in [0.15, 0.2) is 0 Å². The van der Waals surface area contributed by atoms with Crippen molar-refractivity contribution in [2.75, 3.05) is 45.6 Å². The number of likely N-dealkylation sites (tertiary alicyclic amines) is 1. The van der Waals surface area contributed by atoms with Gasteiger partial charge in [0.1, 0.15) is 0 Å². The highest BCUT2D eigenvalue weighted by molar-refractivity contribution is 7.99. The Kier molecular flexibility index (Phi) is 8.18. The molecule has 21 heavy (non-hydrogen) atoms. The lowest BCUT2D eigenvalue weighted by atomic mass is 10.2. The number of nitrogens with zero attached hydrogens (tertiary/aromatic N) is 1. The first-order chi connectivity index (χ1) is 10.4. The molecule has 4 heteroatoms. The fourth-order valence-electron chi connectivity index (χ4n) is 2.59. The number of nitrogens with one attached hydrogen (secondary N) is 1. The summed E-state index contributed by atoms with van der Waals surface area (Å²) >= 11 is 1.98. The minimum Gasteiger partial charge on any atom is -0.383 e. The van der Waals surface area contributed by atoms with E-state index in [9.17, 15) is 0 Å². The van der Waals surface area contributed by atoms with Crippen molar-refractivity contribution in [3.63, 3.8) is 0 Å². The Morgan fingerprint density at radius 3 is 2.67 bits per heavy atom. The molecule has 0 saturated carbocycles. The third-order valence-corrected chi connectivity index (χ3v) is 4.92. The number of rotatable bonds is 10. The molecule has 0 amide bonds. The Hall–Kier alpha value is -0.550. The van der Waals surface area contributed by atoms with Crippen molar-refractivity contribution in [1.82, 2.24) is 10.2 Å². The molecular formula is C17H28N2OS. The summed E-state index contributed by atoms with van der Waals surface area (Å²) in [6.07, 6.45) is 4.09. The Bertz CT molecular complexity index is 377. The minimum atomic E-state index is 0.769. The molecule has 1 saturated heterocycles. The molecule has 3 nitrogen and oxygen atoms in total. The lowest BCUT2D eigenvalue weighted by Crippen LogP contribution is -2.20. The summed E-state index contributed by atoms with van der Waals surface area (Å²) in [5, 5.41) is 3.37. The van der Waals surface area contributed by atoms with Gasteiger partial charge in [-0.1, -0.05) is 12.1 Å². The summed E-state index contributed by atoms with van der Waals surface area (Å²) in [5.41, 5.74) is 1.34. The highest BCUT2D eigenvalue weighted by Crippen LogP contribution is 2.20. The summed E-state index contributed by atoms with van der Waals surface area (Å²) in [6.45, 7) is 6.50. The Labute approximate surface area is 133 Å². The van der Waals surface area contributed by atoms with Crippen molar-refractivity contribution >= 4 is 11.8 Å². The molecule has 0 radical (unpaired) electrons. The second kappa shape index (κ2) is 10.2. The van der Waals surface area contributed by atoms with Gasteiger partial charge in [0.25, 0.3) is 0 Å². The Balaban J connectivity index is 1.58. The van der Waals surface area contributed by atoms with Crippen LogP contribution in [0.1, 0.15) is 24.8 Å². The van der Waals surface area contributed by atoms with E-state index in [2.05, 4.69) is 34.5 Å². The third-order valence-electron chi connectivity index (χ3n) is 3.82. The summed E-state index contributed by atoms with van der Waals surface area (Å²) in [5.74, 6) is 1.22. The maximum Gasteiger partial charge on any atom is 0.0587 e. The maximum absolute atomic E-state index is 5.02. The van der Waals surface area contributed by atoms with E-state index < -0.39 is 0 Å². The number of hydrogen-bond acceptors (Lipinski definition) is 4. The molecule has 0 spiro atoms. The van der Waals surface area contributed by atoms with Crippen molar-refractivity contribution in [2.24, 2.45) is 0 Å². The average Bonchev–Trinajstić information content (AvgIpc) is 3.03. The Morgan fingerprint density at radius 1 is 1.19 bits per heavy atom. The van der Waals surface area contributed by atoms with Crippen LogP contribution in [0.2, 0.25) is 0 Å². The Morgan fingerprint density at radius 2 is 1.95 bits per heavy atom. The van der Waals surface area contributed by atoms with Gasteiger partial charge < -0.3 is 15.0 Å². The number of hydrogen-bond donors (Lipinski definition) is 1. The van der Waals surface area contributed by atoms with E-state index in [1.165, 1.54) is 55.1 Å². The van der Waals surface area contributed by atoms with Crippen LogP contribution in [-0.4, -0.2) is 50.5 Å². The molecule has 1 fully saturated rings. The molecule has 1 aliphatic rings. The largest absolute Gasteiger partial charge is 0.383 e. The second-order valence-corrected chi connectivity index (χ2v) is 6.73. The van der Waals surface area contributed by atoms with E-state index >= 15 is 0 Å². The van der Waals surface area contributed by atoms with Crippen LogP contribution in [0.5, 0.6) is 0 Å². The molecule has 1 aliphatic heterocycles. The van der Waals surface area contributed by atoms with Crippen LogP contribution in [0.3, 0.4) is 0 Å². The number of methoxy groups -OCH3 is 1. The molecule has 1 heterocycles. The molecule has 0 unspecified atom stereocenters. The molecule has 1 aromatic rings. The highest BCUT2D eigenvalue weighted by Gasteiger charge is 2.10. The van der Waals surface area contributed by atoms with Gasteiger partial charge in [0.05, 0.1) is 6.61 Å². The summed E-state index contributed by atoms with van der Waals surface area (Å²) in [6, 6.07) is 8.94. The lowest BCUT2D eigenvalue weighted by molar-refractivity contribution is 0.199. The quantitative estimate of drug-likeness (QED) is 0.530. The molecule has 1 N–H and O–H groups in total. The second-order valence-electron chi connectivity index (χ2n) is 5.56. The lowest BCUT2D eigenvalue weighted by Gasteiger charge is -2.13. The first-order valence-electron chi connectivity index (χ1n) is 8.02. The minimum absolute atomic E-state index is 0.769. The zero-order chi connectivity index (χ0) is 14.8. The van der Waals surface area contributed by atoms with Crippen LogP contribution in [0.15, 0.2) is 29.2 Å². The van der Waals surface area contributed by atoms with Crippen LogP contribution in [0, 0.1) is 0 Å². The summed E-state index contributed by atoms with van der Waals surface area (Å²) in [7, 11) is 1.73. The number of ether oxygens (including phenoxy) is 1. The topological polar surface area (TPSA) is 24.5 Å². The van der Waals surface area contributed by atoms with Gasteiger partial charge in [-0.15, -0.1) is 11.8 Å². The van der Waals surface area contributed by atoms with Crippen LogP contribution in [0.25, 0.3) is 0 Å². The molecule has 0 bridgehead atoms. The SMILES string of the molecule is COCCNCc1ccc(SCCCN2CCCC2)cc1. The fraction of sp³-hybridized carbons (Fsp3) is 0.647. The number of benzene rings is 1. The molecule has 1 aromatic carbocycles. The molecule has 0 atom stereocenters. The monoisotopic (exact) mass is 308 g/mol. The molecule has 118 valence electrons. The van der Waals surface area contributed by atoms with Crippen molar-refractivity contribution in [2.45, 2.75) is 30.7 Å².